The van der Waals surface area contributed by atoms with E-state index in [1.165, 1.54) is 16.2 Å². The molecule has 1 aromatic heterocycles. The van der Waals surface area contributed by atoms with E-state index in [0.717, 1.165) is 27.8 Å². The van der Waals surface area contributed by atoms with Crippen LogP contribution in [0.1, 0.15) is 33.3 Å². The number of carboxylic acids is 1. The standard InChI is InChI=1S/C30H27N3O5S/c34-28(33(17-29(35)36)16-20-8-2-1-3-9-20)14-21-19-39-27(32-21)15-31-30(37)38-18-26-24-12-6-4-10-22(24)23-11-5-7-13-25(23)26/h1-13,19,26H,14-18H2,(H,31,37)(H,35,36). The molecular formula is C30H27N3O5S. The molecular weight excluding hydrogens is 514 g/mol. The smallest absolute Gasteiger partial charge is 0.407 e. The van der Waals surface area contributed by atoms with Crippen molar-refractivity contribution in [3.05, 3.63) is 112 Å². The Morgan fingerprint density at radius 2 is 1.56 bits per heavy atom. The number of thiazole rings is 1. The zero-order valence-electron chi connectivity index (χ0n) is 21.1. The van der Waals surface area contributed by atoms with Crippen molar-refractivity contribution in [1.29, 1.82) is 0 Å². The first-order valence-corrected chi connectivity index (χ1v) is 13.4. The molecule has 0 spiro atoms. The summed E-state index contributed by atoms with van der Waals surface area (Å²) in [4.78, 5) is 42.4. The van der Waals surface area contributed by atoms with Crippen LogP contribution >= 0.6 is 11.3 Å². The lowest BCUT2D eigenvalue weighted by molar-refractivity contribution is -0.144. The Hall–Kier alpha value is -4.50. The van der Waals surface area contributed by atoms with E-state index in [1.54, 1.807) is 5.38 Å². The molecule has 8 nitrogen and oxygen atoms in total. The van der Waals surface area contributed by atoms with Gasteiger partial charge in [0.2, 0.25) is 5.91 Å². The number of amides is 2. The molecule has 0 fully saturated rings. The maximum absolute atomic E-state index is 12.9. The zero-order valence-corrected chi connectivity index (χ0v) is 21.9. The summed E-state index contributed by atoms with van der Waals surface area (Å²) in [5.41, 5.74) is 5.99. The summed E-state index contributed by atoms with van der Waals surface area (Å²) in [5, 5.41) is 14.4. The van der Waals surface area contributed by atoms with E-state index in [9.17, 15) is 19.5 Å². The second-order valence-electron chi connectivity index (χ2n) is 9.22. The first-order chi connectivity index (χ1) is 19.0. The molecule has 0 unspecified atom stereocenters. The van der Waals surface area contributed by atoms with Gasteiger partial charge in [0.05, 0.1) is 18.7 Å². The van der Waals surface area contributed by atoms with Crippen molar-refractivity contribution in [3.63, 3.8) is 0 Å². The zero-order chi connectivity index (χ0) is 27.2. The molecule has 5 rings (SSSR count). The van der Waals surface area contributed by atoms with E-state index in [-0.39, 0.29) is 37.9 Å². The molecule has 1 aliphatic rings. The Labute approximate surface area is 229 Å². The second kappa shape index (κ2) is 11.9. The Bertz CT molecular complexity index is 1440. The Balaban J connectivity index is 1.13. The van der Waals surface area contributed by atoms with Crippen LogP contribution in [0.25, 0.3) is 11.1 Å². The fourth-order valence-corrected chi connectivity index (χ4v) is 5.51. The number of carbonyl (C=O) groups excluding carboxylic acids is 2. The summed E-state index contributed by atoms with van der Waals surface area (Å²) < 4.78 is 5.57. The predicted octanol–water partition coefficient (Wildman–Crippen LogP) is 4.84. The minimum atomic E-state index is -1.08. The molecule has 2 N–H and O–H groups in total. The van der Waals surface area contributed by atoms with Gasteiger partial charge in [0.15, 0.2) is 0 Å². The van der Waals surface area contributed by atoms with Crippen LogP contribution < -0.4 is 5.32 Å². The van der Waals surface area contributed by atoms with E-state index < -0.39 is 18.6 Å². The number of carboxylic acid groups (broad SMARTS) is 1. The average Bonchev–Trinajstić information content (AvgIpc) is 3.52. The number of hydrogen-bond acceptors (Lipinski definition) is 6. The first-order valence-electron chi connectivity index (χ1n) is 12.5. The van der Waals surface area contributed by atoms with Gasteiger partial charge in [0.1, 0.15) is 18.2 Å². The largest absolute Gasteiger partial charge is 0.480 e. The van der Waals surface area contributed by atoms with Gasteiger partial charge >= 0.3 is 12.1 Å². The van der Waals surface area contributed by atoms with Crippen LogP contribution in [0, 0.1) is 0 Å². The summed E-state index contributed by atoms with van der Waals surface area (Å²) in [5.74, 6) is -1.43. The number of carbonyl (C=O) groups is 3. The molecule has 198 valence electrons. The first kappa shape index (κ1) is 26.1. The second-order valence-corrected chi connectivity index (χ2v) is 10.2. The number of nitrogens with one attached hydrogen (secondary N) is 1. The summed E-state index contributed by atoms with van der Waals surface area (Å²) in [6.07, 6.45) is -0.568. The molecule has 2 amide bonds. The maximum atomic E-state index is 12.9. The number of benzene rings is 3. The van der Waals surface area contributed by atoms with Gasteiger partial charge in [-0.15, -0.1) is 11.3 Å². The number of aliphatic carboxylic acids is 1. The highest BCUT2D eigenvalue weighted by Crippen LogP contribution is 2.44. The number of hydrogen-bond donors (Lipinski definition) is 2. The summed E-state index contributed by atoms with van der Waals surface area (Å²) in [6, 6.07) is 25.5. The highest BCUT2D eigenvalue weighted by Gasteiger charge is 2.29. The Morgan fingerprint density at radius 3 is 2.23 bits per heavy atom. The van der Waals surface area contributed by atoms with Crippen molar-refractivity contribution < 1.29 is 24.2 Å². The van der Waals surface area contributed by atoms with Gasteiger partial charge in [-0.2, -0.15) is 0 Å². The van der Waals surface area contributed by atoms with Gasteiger partial charge in [0.25, 0.3) is 0 Å². The molecule has 1 aliphatic carbocycles. The number of alkyl carbamates (subject to hydrolysis) is 1. The SMILES string of the molecule is O=C(O)CN(Cc1ccccc1)C(=O)Cc1csc(CNC(=O)OCC2c3ccccc3-c3ccccc32)n1. The monoisotopic (exact) mass is 541 g/mol. The van der Waals surface area contributed by atoms with Crippen LogP contribution in [0.3, 0.4) is 0 Å². The van der Waals surface area contributed by atoms with Gasteiger partial charge in [-0.3, -0.25) is 9.59 Å². The molecule has 0 saturated heterocycles. The molecule has 0 aliphatic heterocycles. The van der Waals surface area contributed by atoms with Crippen molar-refractivity contribution in [3.8, 4) is 11.1 Å². The third-order valence-electron chi connectivity index (χ3n) is 6.55. The summed E-state index contributed by atoms with van der Waals surface area (Å²) in [7, 11) is 0. The third kappa shape index (κ3) is 6.32. The number of fused-ring (bicyclic) bond motifs is 3. The van der Waals surface area contributed by atoms with Crippen molar-refractivity contribution in [2.45, 2.75) is 25.4 Å². The minimum Gasteiger partial charge on any atom is -0.480 e. The molecule has 0 atom stereocenters. The van der Waals surface area contributed by atoms with Gasteiger partial charge < -0.3 is 20.1 Å². The maximum Gasteiger partial charge on any atom is 0.407 e. The van der Waals surface area contributed by atoms with Gasteiger partial charge in [-0.05, 0) is 27.8 Å². The summed E-state index contributed by atoms with van der Waals surface area (Å²) in [6.45, 7) is 0.192. The van der Waals surface area contributed by atoms with E-state index in [1.807, 2.05) is 54.6 Å². The van der Waals surface area contributed by atoms with Gasteiger partial charge in [-0.25, -0.2) is 9.78 Å². The predicted molar refractivity (Wildman–Crippen MR) is 147 cm³/mol. The lowest BCUT2D eigenvalue weighted by Gasteiger charge is -2.20. The normalized spacial score (nSPS) is 11.9. The topological polar surface area (TPSA) is 109 Å². The molecule has 1 heterocycles. The average molecular weight is 542 g/mol. The fraction of sp³-hybridized carbons (Fsp3) is 0.200. The van der Waals surface area contributed by atoms with Crippen LogP contribution in [0.4, 0.5) is 4.79 Å². The number of ether oxygens (including phenoxy) is 1. The van der Waals surface area contributed by atoms with Crippen molar-refractivity contribution >= 4 is 29.3 Å². The molecule has 3 aromatic carbocycles. The molecule has 0 radical (unpaired) electrons. The quantitative estimate of drug-likeness (QED) is 0.298. The minimum absolute atomic E-state index is 0.0229. The molecule has 0 bridgehead atoms. The van der Waals surface area contributed by atoms with E-state index >= 15 is 0 Å². The molecule has 0 saturated carbocycles. The molecule has 39 heavy (non-hydrogen) atoms. The van der Waals surface area contributed by atoms with E-state index in [4.69, 9.17) is 4.74 Å². The van der Waals surface area contributed by atoms with Crippen molar-refractivity contribution in [1.82, 2.24) is 15.2 Å². The van der Waals surface area contributed by atoms with Crippen molar-refractivity contribution in [2.24, 2.45) is 0 Å². The van der Waals surface area contributed by atoms with Gasteiger partial charge in [-0.1, -0.05) is 78.9 Å². The Kier molecular flexibility index (Phi) is 7.98. The Morgan fingerprint density at radius 1 is 0.923 bits per heavy atom. The van der Waals surface area contributed by atoms with Crippen LogP contribution in [-0.4, -0.2) is 46.1 Å². The van der Waals surface area contributed by atoms with E-state index in [2.05, 4.69) is 34.6 Å². The number of rotatable bonds is 10. The molecule has 9 heteroatoms. The van der Waals surface area contributed by atoms with Crippen LogP contribution in [-0.2, 0) is 33.8 Å². The highest BCUT2D eigenvalue weighted by atomic mass is 32.1. The number of aromatic nitrogens is 1. The molecule has 4 aromatic rings. The van der Waals surface area contributed by atoms with Crippen LogP contribution in [0.5, 0.6) is 0 Å². The lowest BCUT2D eigenvalue weighted by atomic mass is 9.98. The van der Waals surface area contributed by atoms with Crippen LogP contribution in [0.2, 0.25) is 0 Å². The van der Waals surface area contributed by atoms with Crippen LogP contribution in [0.15, 0.2) is 84.2 Å². The van der Waals surface area contributed by atoms with Crippen molar-refractivity contribution in [2.75, 3.05) is 13.2 Å². The fourth-order valence-electron chi connectivity index (χ4n) is 4.77. The van der Waals surface area contributed by atoms with Gasteiger partial charge in [0, 0.05) is 17.8 Å². The number of nitrogens with zero attached hydrogens (tertiary/aromatic N) is 2. The summed E-state index contributed by atoms with van der Waals surface area (Å²) >= 11 is 1.32. The highest BCUT2D eigenvalue weighted by molar-refractivity contribution is 7.09. The lowest BCUT2D eigenvalue weighted by Crippen LogP contribution is -2.36. The third-order valence-corrected chi connectivity index (χ3v) is 7.45. The van der Waals surface area contributed by atoms with E-state index in [0.29, 0.717) is 10.7 Å².